The average molecular weight is 302 g/mol. The zero-order valence-corrected chi connectivity index (χ0v) is 12.0. The van der Waals surface area contributed by atoms with Gasteiger partial charge in [-0.15, -0.1) is 0 Å². The summed E-state index contributed by atoms with van der Waals surface area (Å²) in [5, 5.41) is 0. The molecule has 0 aliphatic heterocycles. The van der Waals surface area contributed by atoms with E-state index in [4.69, 9.17) is 4.74 Å². The molecule has 0 atom stereocenters. The van der Waals surface area contributed by atoms with Gasteiger partial charge >= 0.3 is 5.97 Å². The third-order valence-electron chi connectivity index (χ3n) is 1.90. The van der Waals surface area contributed by atoms with Crippen LogP contribution in [0.2, 0.25) is 0 Å². The lowest BCUT2D eigenvalue weighted by Crippen LogP contribution is -2.30. The van der Waals surface area contributed by atoms with Crippen molar-refractivity contribution in [3.8, 4) is 0 Å². The highest BCUT2D eigenvalue weighted by molar-refractivity contribution is 9.10. The molecule has 0 saturated heterocycles. The average Bonchev–Trinajstić information content (AvgIpc) is 2.10. The molecule has 1 aromatic heterocycles. The molecule has 1 aromatic rings. The standard InChI is InChI=1S/C12H16BrNO3/c1-8-5-9(13)11(16)14(6-8)7-10(15)17-12(2,3)4/h5-6H,7H2,1-4H3. The fourth-order valence-electron chi connectivity index (χ4n) is 1.37. The van der Waals surface area contributed by atoms with Crippen LogP contribution in [0.4, 0.5) is 0 Å². The summed E-state index contributed by atoms with van der Waals surface area (Å²) < 4.78 is 6.95. The Balaban J connectivity index is 2.89. The number of esters is 1. The molecule has 1 heterocycles. The van der Waals surface area contributed by atoms with E-state index in [1.807, 2.05) is 6.92 Å². The summed E-state index contributed by atoms with van der Waals surface area (Å²) >= 11 is 3.16. The monoisotopic (exact) mass is 301 g/mol. The molecule has 0 radical (unpaired) electrons. The lowest BCUT2D eigenvalue weighted by Gasteiger charge is -2.19. The van der Waals surface area contributed by atoms with Crippen LogP contribution in [0, 0.1) is 6.92 Å². The van der Waals surface area contributed by atoms with Gasteiger partial charge in [-0.3, -0.25) is 9.59 Å². The zero-order chi connectivity index (χ0) is 13.2. The number of hydrogen-bond donors (Lipinski definition) is 0. The molecule has 94 valence electrons. The van der Waals surface area contributed by atoms with Crippen LogP contribution in [0.15, 0.2) is 21.5 Å². The van der Waals surface area contributed by atoms with Gasteiger partial charge in [0.05, 0.1) is 4.47 Å². The van der Waals surface area contributed by atoms with E-state index >= 15 is 0 Å². The van der Waals surface area contributed by atoms with Gasteiger partial charge < -0.3 is 9.30 Å². The first-order chi connectivity index (χ1) is 7.69. The summed E-state index contributed by atoms with van der Waals surface area (Å²) in [6.45, 7) is 7.16. The van der Waals surface area contributed by atoms with Crippen LogP contribution in [0.3, 0.4) is 0 Å². The Bertz CT molecular complexity index is 486. The Morgan fingerprint density at radius 1 is 1.47 bits per heavy atom. The van der Waals surface area contributed by atoms with Crippen molar-refractivity contribution in [3.05, 3.63) is 32.7 Å². The van der Waals surface area contributed by atoms with Gasteiger partial charge in [0.15, 0.2) is 0 Å². The molecule has 0 saturated carbocycles. The number of halogens is 1. The van der Waals surface area contributed by atoms with Crippen molar-refractivity contribution in [2.75, 3.05) is 0 Å². The van der Waals surface area contributed by atoms with Gasteiger partial charge in [-0.25, -0.2) is 0 Å². The molecule has 1 rings (SSSR count). The van der Waals surface area contributed by atoms with Gasteiger partial charge in [-0.1, -0.05) is 0 Å². The minimum Gasteiger partial charge on any atom is -0.459 e. The molecule has 0 unspecified atom stereocenters. The van der Waals surface area contributed by atoms with Gasteiger partial charge in [0.2, 0.25) is 0 Å². The van der Waals surface area contributed by atoms with Crippen LogP contribution < -0.4 is 5.56 Å². The SMILES string of the molecule is Cc1cc(Br)c(=O)n(CC(=O)OC(C)(C)C)c1. The molecule has 0 amide bonds. The van der Waals surface area contributed by atoms with Crippen LogP contribution in [-0.2, 0) is 16.1 Å². The number of aromatic nitrogens is 1. The minimum atomic E-state index is -0.540. The number of nitrogens with zero attached hydrogens (tertiary/aromatic N) is 1. The summed E-state index contributed by atoms with van der Waals surface area (Å²) in [7, 11) is 0. The third kappa shape index (κ3) is 4.34. The first kappa shape index (κ1) is 14.0. The summed E-state index contributed by atoms with van der Waals surface area (Å²) in [4.78, 5) is 23.3. The highest BCUT2D eigenvalue weighted by Gasteiger charge is 2.17. The zero-order valence-electron chi connectivity index (χ0n) is 10.4. The second-order valence-corrected chi connectivity index (χ2v) is 5.74. The predicted molar refractivity (Wildman–Crippen MR) is 69.0 cm³/mol. The summed E-state index contributed by atoms with van der Waals surface area (Å²) in [5.74, 6) is -0.419. The molecular weight excluding hydrogens is 286 g/mol. The van der Waals surface area contributed by atoms with E-state index in [-0.39, 0.29) is 12.1 Å². The van der Waals surface area contributed by atoms with Crippen molar-refractivity contribution < 1.29 is 9.53 Å². The van der Waals surface area contributed by atoms with E-state index in [0.717, 1.165) is 5.56 Å². The number of carbonyl (C=O) groups excluding carboxylic acids is 1. The van der Waals surface area contributed by atoms with Crippen molar-refractivity contribution in [3.63, 3.8) is 0 Å². The van der Waals surface area contributed by atoms with Crippen LogP contribution in [-0.4, -0.2) is 16.1 Å². The third-order valence-corrected chi connectivity index (χ3v) is 2.47. The first-order valence-corrected chi connectivity index (χ1v) is 6.07. The Hall–Kier alpha value is -1.10. The Morgan fingerprint density at radius 2 is 2.06 bits per heavy atom. The fourth-order valence-corrected chi connectivity index (χ4v) is 1.96. The van der Waals surface area contributed by atoms with Crippen LogP contribution >= 0.6 is 15.9 Å². The van der Waals surface area contributed by atoms with Crippen molar-refractivity contribution in [1.82, 2.24) is 4.57 Å². The largest absolute Gasteiger partial charge is 0.459 e. The van der Waals surface area contributed by atoms with Gasteiger partial charge in [0.1, 0.15) is 12.1 Å². The molecule has 4 nitrogen and oxygen atoms in total. The number of aryl methyl sites for hydroxylation is 1. The van der Waals surface area contributed by atoms with E-state index in [2.05, 4.69) is 15.9 Å². The summed E-state index contributed by atoms with van der Waals surface area (Å²) in [5.41, 5.74) is 0.128. The van der Waals surface area contributed by atoms with Crippen LogP contribution in [0.5, 0.6) is 0 Å². The molecule has 5 heteroatoms. The van der Waals surface area contributed by atoms with Crippen molar-refractivity contribution in [1.29, 1.82) is 0 Å². The lowest BCUT2D eigenvalue weighted by molar-refractivity contribution is -0.155. The number of hydrogen-bond acceptors (Lipinski definition) is 3. The van der Waals surface area contributed by atoms with Crippen molar-refractivity contribution in [2.24, 2.45) is 0 Å². The summed E-state index contributed by atoms with van der Waals surface area (Å²) in [6.07, 6.45) is 1.64. The first-order valence-electron chi connectivity index (χ1n) is 5.27. The van der Waals surface area contributed by atoms with Gasteiger partial charge in [0.25, 0.3) is 5.56 Å². The van der Waals surface area contributed by atoms with E-state index in [1.54, 1.807) is 33.0 Å². The quantitative estimate of drug-likeness (QED) is 0.787. The number of carbonyl (C=O) groups is 1. The van der Waals surface area contributed by atoms with Gasteiger partial charge in [-0.2, -0.15) is 0 Å². The van der Waals surface area contributed by atoms with Crippen molar-refractivity contribution in [2.45, 2.75) is 39.8 Å². The van der Waals surface area contributed by atoms with Crippen LogP contribution in [0.1, 0.15) is 26.3 Å². The number of ether oxygens (including phenoxy) is 1. The topological polar surface area (TPSA) is 48.3 Å². The normalized spacial score (nSPS) is 11.4. The number of pyridine rings is 1. The molecule has 0 spiro atoms. The Morgan fingerprint density at radius 3 is 2.59 bits per heavy atom. The smallest absolute Gasteiger partial charge is 0.326 e. The molecule has 17 heavy (non-hydrogen) atoms. The van der Waals surface area contributed by atoms with Gasteiger partial charge in [-0.05, 0) is 55.3 Å². The minimum absolute atomic E-state index is 0.0730. The molecule has 0 N–H and O–H groups in total. The molecule has 0 bridgehead atoms. The van der Waals surface area contributed by atoms with Crippen molar-refractivity contribution >= 4 is 21.9 Å². The Kier molecular flexibility index (Phi) is 4.14. The second-order valence-electron chi connectivity index (χ2n) is 4.88. The maximum atomic E-state index is 11.7. The molecule has 0 aromatic carbocycles. The highest BCUT2D eigenvalue weighted by Crippen LogP contribution is 2.09. The maximum Gasteiger partial charge on any atom is 0.326 e. The van der Waals surface area contributed by atoms with E-state index in [9.17, 15) is 9.59 Å². The molecule has 0 aliphatic rings. The molecule has 0 fully saturated rings. The number of rotatable bonds is 2. The van der Waals surface area contributed by atoms with Crippen LogP contribution in [0.25, 0.3) is 0 Å². The second kappa shape index (κ2) is 5.04. The van der Waals surface area contributed by atoms with Gasteiger partial charge in [0, 0.05) is 6.20 Å². The molecule has 0 aliphatic carbocycles. The van der Waals surface area contributed by atoms with E-state index in [0.29, 0.717) is 4.47 Å². The fraction of sp³-hybridized carbons (Fsp3) is 0.500. The highest BCUT2D eigenvalue weighted by atomic mass is 79.9. The summed E-state index contributed by atoms with van der Waals surface area (Å²) in [6, 6.07) is 1.72. The molecular formula is C12H16BrNO3. The van der Waals surface area contributed by atoms with E-state index in [1.165, 1.54) is 4.57 Å². The Labute approximate surface area is 109 Å². The van der Waals surface area contributed by atoms with E-state index < -0.39 is 11.6 Å². The maximum absolute atomic E-state index is 11.7. The lowest BCUT2D eigenvalue weighted by atomic mass is 10.2. The predicted octanol–water partition coefficient (Wildman–Crippen LogP) is 2.26.